The molecule has 2 aromatic carbocycles. The van der Waals surface area contributed by atoms with E-state index in [1.54, 1.807) is 12.1 Å². The largest absolute Gasteiger partial charge is 0.343 e. The Morgan fingerprint density at radius 2 is 1.59 bits per heavy atom. The second-order valence-electron chi connectivity index (χ2n) is 6.65. The molecule has 2 amide bonds. The minimum absolute atomic E-state index is 0.0840. The number of nitrogens with zero attached hydrogens (tertiary/aromatic N) is 1. The fourth-order valence-electron chi connectivity index (χ4n) is 3.14. The van der Waals surface area contributed by atoms with Crippen LogP contribution in [0.25, 0.3) is 5.69 Å². The summed E-state index contributed by atoms with van der Waals surface area (Å²) in [6, 6.07) is 15.2. The molecule has 3 rings (SSSR count). The van der Waals surface area contributed by atoms with Crippen LogP contribution < -0.4 is 10.6 Å². The summed E-state index contributed by atoms with van der Waals surface area (Å²) in [7, 11) is 0. The maximum atomic E-state index is 12.4. The highest BCUT2D eigenvalue weighted by Gasteiger charge is 2.11. The molecular weight excluding hydrogens is 338 g/mol. The molecule has 0 saturated heterocycles. The van der Waals surface area contributed by atoms with E-state index in [1.807, 2.05) is 74.1 Å². The van der Waals surface area contributed by atoms with Crippen molar-refractivity contribution >= 4 is 17.5 Å². The number of benzene rings is 2. The SMILES string of the molecule is Cc1cc(C)c(NC(=O)CNC(=O)c2cccc(-n3cccc3)c2)c(C)c1. The van der Waals surface area contributed by atoms with Crippen LogP contribution in [0.3, 0.4) is 0 Å². The van der Waals surface area contributed by atoms with Crippen molar-refractivity contribution in [2.45, 2.75) is 20.8 Å². The number of aryl methyl sites for hydroxylation is 3. The van der Waals surface area contributed by atoms with Gasteiger partial charge in [-0.2, -0.15) is 0 Å². The van der Waals surface area contributed by atoms with Crippen molar-refractivity contribution in [3.05, 3.63) is 83.2 Å². The summed E-state index contributed by atoms with van der Waals surface area (Å²) in [4.78, 5) is 24.7. The van der Waals surface area contributed by atoms with Crippen molar-refractivity contribution in [2.75, 3.05) is 11.9 Å². The van der Waals surface area contributed by atoms with Crippen molar-refractivity contribution in [3.8, 4) is 5.69 Å². The molecule has 0 radical (unpaired) electrons. The molecule has 1 heterocycles. The fraction of sp³-hybridized carbons (Fsp3) is 0.182. The first-order valence-electron chi connectivity index (χ1n) is 8.83. The fourth-order valence-corrected chi connectivity index (χ4v) is 3.14. The predicted octanol–water partition coefficient (Wildman–Crippen LogP) is 3.77. The van der Waals surface area contributed by atoms with E-state index in [1.165, 1.54) is 0 Å². The van der Waals surface area contributed by atoms with Gasteiger partial charge >= 0.3 is 0 Å². The van der Waals surface area contributed by atoms with Gasteiger partial charge in [-0.3, -0.25) is 9.59 Å². The lowest BCUT2D eigenvalue weighted by Crippen LogP contribution is -2.33. The Bertz CT molecular complexity index is 952. The lowest BCUT2D eigenvalue weighted by Gasteiger charge is -2.13. The van der Waals surface area contributed by atoms with Crippen molar-refractivity contribution in [2.24, 2.45) is 0 Å². The van der Waals surface area contributed by atoms with E-state index in [2.05, 4.69) is 10.6 Å². The minimum atomic E-state index is -0.281. The molecule has 138 valence electrons. The first kappa shape index (κ1) is 18.5. The molecule has 0 saturated carbocycles. The maximum absolute atomic E-state index is 12.4. The monoisotopic (exact) mass is 361 g/mol. The van der Waals surface area contributed by atoms with Crippen LogP contribution in [0.15, 0.2) is 60.9 Å². The number of aromatic nitrogens is 1. The average molecular weight is 361 g/mol. The summed E-state index contributed by atoms with van der Waals surface area (Å²) in [5.41, 5.74) is 5.37. The van der Waals surface area contributed by atoms with Gasteiger partial charge in [0.1, 0.15) is 0 Å². The van der Waals surface area contributed by atoms with Gasteiger partial charge in [0.2, 0.25) is 5.91 Å². The number of carbonyl (C=O) groups excluding carboxylic acids is 2. The highest BCUT2D eigenvalue weighted by molar-refractivity contribution is 6.00. The zero-order chi connectivity index (χ0) is 19.4. The number of hydrogen-bond donors (Lipinski definition) is 2. The van der Waals surface area contributed by atoms with Crippen LogP contribution in [0.2, 0.25) is 0 Å². The Morgan fingerprint density at radius 1 is 0.926 bits per heavy atom. The van der Waals surface area contributed by atoms with Gasteiger partial charge < -0.3 is 15.2 Å². The third-order valence-corrected chi connectivity index (χ3v) is 4.36. The van der Waals surface area contributed by atoms with Crippen LogP contribution in [-0.4, -0.2) is 22.9 Å². The quantitative estimate of drug-likeness (QED) is 0.727. The number of hydrogen-bond acceptors (Lipinski definition) is 2. The summed E-state index contributed by atoms with van der Waals surface area (Å²) < 4.78 is 1.92. The van der Waals surface area contributed by atoms with Gasteiger partial charge in [0, 0.05) is 29.3 Å². The summed E-state index contributed by atoms with van der Waals surface area (Å²) in [5.74, 6) is -0.531. The van der Waals surface area contributed by atoms with E-state index < -0.39 is 0 Å². The molecule has 0 aliphatic carbocycles. The number of amides is 2. The van der Waals surface area contributed by atoms with Crippen LogP contribution in [0.1, 0.15) is 27.0 Å². The predicted molar refractivity (Wildman–Crippen MR) is 107 cm³/mol. The Morgan fingerprint density at radius 3 is 2.26 bits per heavy atom. The molecule has 3 aromatic rings. The van der Waals surface area contributed by atoms with Gasteiger partial charge in [0.05, 0.1) is 6.54 Å². The summed E-state index contributed by atoms with van der Waals surface area (Å²) in [6.07, 6.45) is 3.83. The Hall–Kier alpha value is -3.34. The van der Waals surface area contributed by atoms with E-state index in [0.29, 0.717) is 5.56 Å². The van der Waals surface area contributed by atoms with Gasteiger partial charge in [-0.15, -0.1) is 0 Å². The lowest BCUT2D eigenvalue weighted by molar-refractivity contribution is -0.115. The van der Waals surface area contributed by atoms with Crippen molar-refractivity contribution in [3.63, 3.8) is 0 Å². The number of nitrogens with one attached hydrogen (secondary N) is 2. The normalized spacial score (nSPS) is 10.5. The molecular formula is C22H23N3O2. The molecule has 0 spiro atoms. The van der Waals surface area contributed by atoms with Crippen molar-refractivity contribution < 1.29 is 9.59 Å². The molecule has 0 fully saturated rings. The summed E-state index contributed by atoms with van der Waals surface area (Å²) in [6.45, 7) is 5.86. The van der Waals surface area contributed by atoms with Gasteiger partial charge in [-0.25, -0.2) is 0 Å². The van der Waals surface area contributed by atoms with Crippen LogP contribution in [-0.2, 0) is 4.79 Å². The van der Waals surface area contributed by atoms with E-state index in [4.69, 9.17) is 0 Å². The highest BCUT2D eigenvalue weighted by Crippen LogP contribution is 2.21. The molecule has 0 unspecified atom stereocenters. The molecule has 5 heteroatoms. The second-order valence-corrected chi connectivity index (χ2v) is 6.65. The average Bonchev–Trinajstić information content (AvgIpc) is 3.17. The molecule has 0 bridgehead atoms. The van der Waals surface area contributed by atoms with Gasteiger partial charge in [-0.05, 0) is 62.2 Å². The van der Waals surface area contributed by atoms with Crippen molar-refractivity contribution in [1.29, 1.82) is 0 Å². The molecule has 5 nitrogen and oxygen atoms in total. The zero-order valence-electron chi connectivity index (χ0n) is 15.7. The summed E-state index contributed by atoms with van der Waals surface area (Å²) in [5, 5.41) is 5.57. The third kappa shape index (κ3) is 4.44. The maximum Gasteiger partial charge on any atom is 0.251 e. The van der Waals surface area contributed by atoms with E-state index in [-0.39, 0.29) is 18.4 Å². The Kier molecular flexibility index (Phi) is 5.41. The topological polar surface area (TPSA) is 63.1 Å². The first-order valence-corrected chi connectivity index (χ1v) is 8.83. The molecule has 27 heavy (non-hydrogen) atoms. The zero-order valence-corrected chi connectivity index (χ0v) is 15.7. The van der Waals surface area contributed by atoms with Crippen LogP contribution in [0.4, 0.5) is 5.69 Å². The molecule has 0 atom stereocenters. The van der Waals surface area contributed by atoms with Gasteiger partial charge in [0.25, 0.3) is 5.91 Å². The van der Waals surface area contributed by atoms with Crippen LogP contribution in [0.5, 0.6) is 0 Å². The van der Waals surface area contributed by atoms with Crippen LogP contribution in [0, 0.1) is 20.8 Å². The number of anilines is 1. The molecule has 1 aromatic heterocycles. The van der Waals surface area contributed by atoms with Gasteiger partial charge in [-0.1, -0.05) is 23.8 Å². The highest BCUT2D eigenvalue weighted by atomic mass is 16.2. The molecule has 2 N–H and O–H groups in total. The standard InChI is InChI=1S/C22H23N3O2/c1-15-11-16(2)21(17(3)12-15)24-20(26)14-23-22(27)18-7-6-8-19(13-18)25-9-4-5-10-25/h4-13H,14H2,1-3H3,(H,23,27)(H,24,26). The third-order valence-electron chi connectivity index (χ3n) is 4.36. The summed E-state index contributed by atoms with van der Waals surface area (Å²) >= 11 is 0. The molecule has 0 aliphatic rings. The minimum Gasteiger partial charge on any atom is -0.343 e. The van der Waals surface area contributed by atoms with E-state index >= 15 is 0 Å². The van der Waals surface area contributed by atoms with E-state index in [9.17, 15) is 9.59 Å². The number of rotatable bonds is 5. The number of carbonyl (C=O) groups is 2. The lowest BCUT2D eigenvalue weighted by atomic mass is 10.1. The van der Waals surface area contributed by atoms with E-state index in [0.717, 1.165) is 28.1 Å². The Labute approximate surface area is 159 Å². The molecule has 0 aliphatic heterocycles. The van der Waals surface area contributed by atoms with Gasteiger partial charge in [0.15, 0.2) is 0 Å². The first-order chi connectivity index (χ1) is 12.9. The van der Waals surface area contributed by atoms with Crippen LogP contribution >= 0.6 is 0 Å². The second kappa shape index (κ2) is 7.91. The Balaban J connectivity index is 1.63. The smallest absolute Gasteiger partial charge is 0.251 e. The van der Waals surface area contributed by atoms with Crippen molar-refractivity contribution in [1.82, 2.24) is 9.88 Å².